The molecule has 0 saturated heterocycles. The highest BCUT2D eigenvalue weighted by molar-refractivity contribution is 5.95. The number of hydrogen-bond donors (Lipinski definition) is 0. The fourth-order valence-electron chi connectivity index (χ4n) is 13.0. The number of hydrogen-bond acceptors (Lipinski definition) is 6. The van der Waals surface area contributed by atoms with Crippen LogP contribution < -0.4 is 9.80 Å². The van der Waals surface area contributed by atoms with Gasteiger partial charge in [-0.05, 0) is 153 Å². The lowest BCUT2D eigenvalue weighted by atomic mass is 9.67. The first kappa shape index (κ1) is 43.3. The Morgan fingerprint density at radius 2 is 0.720 bits per heavy atom. The zero-order valence-electron chi connectivity index (χ0n) is 42.0. The van der Waals surface area contributed by atoms with Crippen LogP contribution >= 0.6 is 0 Å². The predicted octanol–water partition coefficient (Wildman–Crippen LogP) is 17.9. The van der Waals surface area contributed by atoms with Crippen LogP contribution in [0.15, 0.2) is 239 Å². The van der Waals surface area contributed by atoms with Gasteiger partial charge in [0.05, 0.1) is 28.2 Å². The zero-order valence-corrected chi connectivity index (χ0v) is 42.0. The lowest BCUT2D eigenvalue weighted by Gasteiger charge is -2.43. The van der Waals surface area contributed by atoms with Gasteiger partial charge in [0.15, 0.2) is 11.2 Å². The summed E-state index contributed by atoms with van der Waals surface area (Å²) in [6.07, 6.45) is 0. The maximum atomic E-state index is 6.37. The molecule has 12 aromatic rings. The van der Waals surface area contributed by atoms with Crippen LogP contribution in [0.5, 0.6) is 0 Å². The van der Waals surface area contributed by atoms with Gasteiger partial charge in [-0.25, -0.2) is 9.97 Å². The second kappa shape index (κ2) is 15.9. The van der Waals surface area contributed by atoms with E-state index in [4.69, 9.17) is 18.8 Å². The molecule has 15 rings (SSSR count). The van der Waals surface area contributed by atoms with Gasteiger partial charge in [0.25, 0.3) is 0 Å². The van der Waals surface area contributed by atoms with Crippen molar-refractivity contribution in [1.82, 2.24) is 9.97 Å². The molecule has 0 atom stereocenters. The molecule has 0 N–H and O–H groups in total. The number of nitrogens with zero attached hydrogens (tertiary/aromatic N) is 4. The minimum absolute atomic E-state index is 0.321. The topological polar surface area (TPSA) is 58.5 Å². The average Bonchev–Trinajstić information content (AvgIpc) is 4.24. The number of aromatic nitrogens is 2. The van der Waals surface area contributed by atoms with Crippen molar-refractivity contribution in [2.24, 2.45) is 0 Å². The molecule has 0 fully saturated rings. The van der Waals surface area contributed by atoms with E-state index in [0.717, 1.165) is 67.5 Å². The number of rotatable bonds is 6. The van der Waals surface area contributed by atoms with Gasteiger partial charge in [-0.3, -0.25) is 0 Å². The third kappa shape index (κ3) is 6.20. The molecular weight excluding hydrogens is 917 g/mol. The van der Waals surface area contributed by atoms with Crippen LogP contribution in [-0.2, 0) is 16.2 Å². The first-order valence-electron chi connectivity index (χ1n) is 25.9. The summed E-state index contributed by atoms with van der Waals surface area (Å²) in [5.41, 5.74) is 22.8. The Morgan fingerprint density at radius 3 is 1.16 bits per heavy atom. The summed E-state index contributed by atoms with van der Waals surface area (Å²) in [7, 11) is 0. The summed E-state index contributed by atoms with van der Waals surface area (Å²) in [6, 6.07) is 83.8. The monoisotopic (exact) mass is 966 g/mol. The minimum atomic E-state index is -0.693. The summed E-state index contributed by atoms with van der Waals surface area (Å²) in [4.78, 5) is 14.8. The molecule has 0 radical (unpaired) electrons. The van der Waals surface area contributed by atoms with Crippen LogP contribution in [0, 0.1) is 0 Å². The number of para-hydroxylation sites is 6. The Hall–Kier alpha value is -9.26. The molecule has 0 amide bonds. The van der Waals surface area contributed by atoms with E-state index in [0.29, 0.717) is 11.8 Å². The maximum Gasteiger partial charge on any atom is 0.227 e. The van der Waals surface area contributed by atoms with Gasteiger partial charge in [0.1, 0.15) is 11.0 Å². The highest BCUT2D eigenvalue weighted by Gasteiger charge is 2.48. The minimum Gasteiger partial charge on any atom is -0.436 e. The number of benzene rings is 10. The van der Waals surface area contributed by atoms with E-state index in [-0.39, 0.29) is 10.8 Å². The van der Waals surface area contributed by atoms with E-state index < -0.39 is 5.41 Å². The molecule has 4 heterocycles. The first-order chi connectivity index (χ1) is 36.7. The van der Waals surface area contributed by atoms with Crippen LogP contribution in [-0.4, -0.2) is 9.97 Å². The van der Waals surface area contributed by atoms with Gasteiger partial charge in [0, 0.05) is 33.3 Å². The Labute approximate surface area is 435 Å². The molecule has 0 bridgehead atoms. The van der Waals surface area contributed by atoms with Gasteiger partial charge >= 0.3 is 0 Å². The van der Waals surface area contributed by atoms with Crippen molar-refractivity contribution in [2.45, 2.75) is 43.9 Å². The van der Waals surface area contributed by atoms with E-state index in [1.54, 1.807) is 0 Å². The maximum absolute atomic E-state index is 6.37. The van der Waals surface area contributed by atoms with Crippen molar-refractivity contribution in [2.75, 3.05) is 9.80 Å². The molecule has 358 valence electrons. The highest BCUT2D eigenvalue weighted by Crippen LogP contribution is 2.61. The molecule has 0 saturated carbocycles. The van der Waals surface area contributed by atoms with Crippen LogP contribution in [0.4, 0.5) is 34.1 Å². The Morgan fingerprint density at radius 1 is 0.333 bits per heavy atom. The quantitative estimate of drug-likeness (QED) is 0.165. The normalized spacial score (nSPS) is 15.2. The molecule has 1 aliphatic carbocycles. The van der Waals surface area contributed by atoms with Gasteiger partial charge < -0.3 is 18.6 Å². The summed E-state index contributed by atoms with van der Waals surface area (Å²) >= 11 is 0. The SMILES string of the molecule is CC1(C)c2ccccc2N(c2ccc3c(c2)C(c2ccccc2)(c2ccccc2)c2cc(N4c5ccccc5C(C)(C)c5cc(-c6nc7ccccc7o6)ccc54)ccc2-3)c2ccc(-c3nc4ccccc4o3)cc21. The van der Waals surface area contributed by atoms with Gasteiger partial charge in [-0.15, -0.1) is 0 Å². The van der Waals surface area contributed by atoms with Crippen molar-refractivity contribution in [1.29, 1.82) is 0 Å². The molecule has 0 unspecified atom stereocenters. The Balaban J connectivity index is 0.935. The van der Waals surface area contributed by atoms with Gasteiger partial charge in [-0.2, -0.15) is 0 Å². The predicted molar refractivity (Wildman–Crippen MR) is 303 cm³/mol. The number of fused-ring (bicyclic) bond motifs is 9. The lowest BCUT2D eigenvalue weighted by Crippen LogP contribution is -2.32. The Bertz CT molecular complexity index is 3940. The van der Waals surface area contributed by atoms with Crippen molar-refractivity contribution < 1.29 is 8.83 Å². The first-order valence-corrected chi connectivity index (χ1v) is 25.9. The molecular formula is C69H50N4O2. The molecule has 10 aromatic carbocycles. The second-order valence-corrected chi connectivity index (χ2v) is 21.3. The van der Waals surface area contributed by atoms with E-state index in [2.05, 4.69) is 219 Å². The van der Waals surface area contributed by atoms with E-state index >= 15 is 0 Å². The largest absolute Gasteiger partial charge is 0.436 e. The van der Waals surface area contributed by atoms with Crippen LogP contribution in [0.1, 0.15) is 72.2 Å². The third-order valence-electron chi connectivity index (χ3n) is 16.6. The van der Waals surface area contributed by atoms with Crippen LogP contribution in [0.25, 0.3) is 56.2 Å². The molecule has 3 aliphatic rings. The molecule has 0 spiro atoms. The number of oxazole rings is 2. The standard InChI is InChI=1S/C69H50N4O2/c1-67(2)51-23-11-15-27-59(51)72(61-37-31-43(39-55(61)67)65-70-57-25-13-17-29-63(57)74-65)47-33-35-49-50-36-34-48(42-54(50)69(53(49)41-47,45-19-7-5-8-20-45)46-21-9-6-10-22-46)73-60-28-16-12-24-52(60)68(3,4)56-40-44(32-38-62(56)73)66-71-58-26-14-18-30-64(58)75-66/h5-42H,1-4H3. The highest BCUT2D eigenvalue weighted by atomic mass is 16.4. The molecule has 2 aromatic heterocycles. The molecule has 6 heteroatoms. The van der Waals surface area contributed by atoms with Crippen molar-refractivity contribution in [3.63, 3.8) is 0 Å². The zero-order chi connectivity index (χ0) is 50.2. The summed E-state index contributed by atoms with van der Waals surface area (Å²) in [6.45, 7) is 9.34. The van der Waals surface area contributed by atoms with E-state index in [1.807, 2.05) is 48.5 Å². The molecule has 2 aliphatic heterocycles. The average molecular weight is 967 g/mol. The van der Waals surface area contributed by atoms with Crippen molar-refractivity contribution >= 4 is 56.3 Å². The smallest absolute Gasteiger partial charge is 0.227 e. The second-order valence-electron chi connectivity index (χ2n) is 21.3. The van der Waals surface area contributed by atoms with E-state index in [1.165, 1.54) is 55.6 Å². The fourth-order valence-corrected chi connectivity index (χ4v) is 13.0. The Kier molecular flexibility index (Phi) is 9.17. The summed E-state index contributed by atoms with van der Waals surface area (Å²) < 4.78 is 12.7. The summed E-state index contributed by atoms with van der Waals surface area (Å²) in [5, 5.41) is 0. The molecule has 75 heavy (non-hydrogen) atoms. The van der Waals surface area contributed by atoms with Crippen LogP contribution in [0.2, 0.25) is 0 Å². The molecule has 6 nitrogen and oxygen atoms in total. The third-order valence-corrected chi connectivity index (χ3v) is 16.6. The van der Waals surface area contributed by atoms with Crippen molar-refractivity contribution in [3.05, 3.63) is 275 Å². The summed E-state index contributed by atoms with van der Waals surface area (Å²) in [5.74, 6) is 1.24. The van der Waals surface area contributed by atoms with Crippen molar-refractivity contribution in [3.8, 4) is 34.0 Å². The lowest BCUT2D eigenvalue weighted by molar-refractivity contribution is 0.615. The van der Waals surface area contributed by atoms with E-state index in [9.17, 15) is 0 Å². The number of anilines is 6. The van der Waals surface area contributed by atoms with Gasteiger partial charge in [0.2, 0.25) is 11.8 Å². The fraction of sp³-hybridized carbons (Fsp3) is 0.101. The van der Waals surface area contributed by atoms with Gasteiger partial charge in [-0.1, -0.05) is 161 Å². The van der Waals surface area contributed by atoms with Crippen LogP contribution in [0.3, 0.4) is 0 Å².